The van der Waals surface area contributed by atoms with Crippen LogP contribution in [0.4, 0.5) is 5.69 Å². The van der Waals surface area contributed by atoms with Crippen molar-refractivity contribution in [1.82, 2.24) is 0 Å². The second kappa shape index (κ2) is 10.3. The third kappa shape index (κ3) is 5.32. The van der Waals surface area contributed by atoms with Gasteiger partial charge in [-0.2, -0.15) is 0 Å². The fraction of sp³-hybridized carbons (Fsp3) is 0.240. The molecule has 0 heterocycles. The molecule has 30 heavy (non-hydrogen) atoms. The van der Waals surface area contributed by atoms with Gasteiger partial charge in [0.05, 0.1) is 13.7 Å². The van der Waals surface area contributed by atoms with Crippen LogP contribution in [0.5, 0.6) is 17.2 Å². The molecule has 1 amide bonds. The second-order valence-corrected chi connectivity index (χ2v) is 6.70. The van der Waals surface area contributed by atoms with E-state index >= 15 is 0 Å². The molecule has 5 nitrogen and oxygen atoms in total. The molecule has 156 valence electrons. The van der Waals surface area contributed by atoms with Crippen molar-refractivity contribution in [2.45, 2.75) is 26.9 Å². The lowest BCUT2D eigenvalue weighted by Crippen LogP contribution is -2.13. The molecule has 0 atom stereocenters. The van der Waals surface area contributed by atoms with E-state index in [2.05, 4.69) is 12.2 Å². The SMILES string of the molecule is CCOc1ccc(C(=O)Nc2ccc(CC)cc2)cc1COc1ccccc1OC. The van der Waals surface area contributed by atoms with E-state index in [9.17, 15) is 4.79 Å². The Morgan fingerprint density at radius 3 is 2.27 bits per heavy atom. The van der Waals surface area contributed by atoms with Crippen molar-refractivity contribution in [3.8, 4) is 17.2 Å². The summed E-state index contributed by atoms with van der Waals surface area (Å²) >= 11 is 0. The van der Waals surface area contributed by atoms with Crippen LogP contribution in [-0.4, -0.2) is 19.6 Å². The first-order valence-electron chi connectivity index (χ1n) is 10.1. The Hall–Kier alpha value is -3.47. The molecule has 0 aliphatic carbocycles. The molecule has 5 heteroatoms. The van der Waals surface area contributed by atoms with Crippen LogP contribution in [-0.2, 0) is 13.0 Å². The van der Waals surface area contributed by atoms with E-state index in [1.807, 2.05) is 55.5 Å². The minimum Gasteiger partial charge on any atom is -0.493 e. The number of rotatable bonds is 9. The molecule has 0 saturated heterocycles. The highest BCUT2D eigenvalue weighted by molar-refractivity contribution is 6.04. The number of amides is 1. The standard InChI is InChI=1S/C25H27NO4/c1-4-18-10-13-21(14-11-18)26-25(27)19-12-15-22(29-5-2)20(16-19)17-30-24-9-7-6-8-23(24)28-3/h6-16H,4-5,17H2,1-3H3,(H,26,27). The number of anilines is 1. The Balaban J connectivity index is 1.78. The zero-order chi connectivity index (χ0) is 21.3. The smallest absolute Gasteiger partial charge is 0.255 e. The molecule has 3 aromatic rings. The van der Waals surface area contributed by atoms with Crippen LogP contribution in [0.3, 0.4) is 0 Å². The highest BCUT2D eigenvalue weighted by Crippen LogP contribution is 2.29. The number of para-hydroxylation sites is 2. The largest absolute Gasteiger partial charge is 0.493 e. The first-order valence-corrected chi connectivity index (χ1v) is 10.1. The summed E-state index contributed by atoms with van der Waals surface area (Å²) in [7, 11) is 1.60. The monoisotopic (exact) mass is 405 g/mol. The highest BCUT2D eigenvalue weighted by Gasteiger charge is 2.13. The number of carbonyl (C=O) groups excluding carboxylic acids is 1. The number of hydrogen-bond acceptors (Lipinski definition) is 4. The van der Waals surface area contributed by atoms with Crippen molar-refractivity contribution in [3.63, 3.8) is 0 Å². The van der Waals surface area contributed by atoms with Gasteiger partial charge in [0.25, 0.3) is 5.91 Å². The van der Waals surface area contributed by atoms with Gasteiger partial charge in [0.15, 0.2) is 11.5 Å². The van der Waals surface area contributed by atoms with Crippen molar-refractivity contribution < 1.29 is 19.0 Å². The van der Waals surface area contributed by atoms with E-state index in [0.717, 1.165) is 17.7 Å². The maximum absolute atomic E-state index is 12.8. The molecule has 0 radical (unpaired) electrons. The maximum atomic E-state index is 12.8. The van der Waals surface area contributed by atoms with Gasteiger partial charge >= 0.3 is 0 Å². The summed E-state index contributed by atoms with van der Waals surface area (Å²) in [4.78, 5) is 12.8. The van der Waals surface area contributed by atoms with Crippen LogP contribution < -0.4 is 19.5 Å². The first-order chi connectivity index (χ1) is 14.6. The second-order valence-electron chi connectivity index (χ2n) is 6.70. The number of ether oxygens (including phenoxy) is 3. The van der Waals surface area contributed by atoms with Gasteiger partial charge in [0, 0.05) is 16.8 Å². The van der Waals surface area contributed by atoms with Gasteiger partial charge in [0.2, 0.25) is 0 Å². The van der Waals surface area contributed by atoms with Crippen molar-refractivity contribution in [3.05, 3.63) is 83.4 Å². The van der Waals surface area contributed by atoms with Crippen molar-refractivity contribution >= 4 is 11.6 Å². The van der Waals surface area contributed by atoms with Crippen LogP contribution in [0.15, 0.2) is 66.7 Å². The van der Waals surface area contributed by atoms with Crippen LogP contribution >= 0.6 is 0 Å². The summed E-state index contributed by atoms with van der Waals surface area (Å²) in [5, 5.41) is 2.94. The number of nitrogens with one attached hydrogen (secondary N) is 1. The van der Waals surface area contributed by atoms with E-state index in [1.165, 1.54) is 5.56 Å². The molecule has 0 unspecified atom stereocenters. The Labute approximate surface area is 177 Å². The van der Waals surface area contributed by atoms with Gasteiger partial charge in [-0.1, -0.05) is 31.2 Å². The lowest BCUT2D eigenvalue weighted by molar-refractivity contribution is 0.102. The Morgan fingerprint density at radius 2 is 1.60 bits per heavy atom. The zero-order valence-electron chi connectivity index (χ0n) is 17.6. The summed E-state index contributed by atoms with van der Waals surface area (Å²) in [6, 6.07) is 20.7. The third-order valence-electron chi connectivity index (χ3n) is 4.69. The normalized spacial score (nSPS) is 10.4. The van der Waals surface area contributed by atoms with E-state index in [0.29, 0.717) is 29.4 Å². The lowest BCUT2D eigenvalue weighted by atomic mass is 10.1. The van der Waals surface area contributed by atoms with Crippen molar-refractivity contribution in [2.24, 2.45) is 0 Å². The first kappa shape index (κ1) is 21.2. The third-order valence-corrected chi connectivity index (χ3v) is 4.69. The summed E-state index contributed by atoms with van der Waals surface area (Å²) in [6.07, 6.45) is 0.961. The van der Waals surface area contributed by atoms with Gasteiger partial charge in [-0.3, -0.25) is 4.79 Å². The van der Waals surface area contributed by atoms with Crippen molar-refractivity contribution in [1.29, 1.82) is 0 Å². The summed E-state index contributed by atoms with van der Waals surface area (Å²) in [6.45, 7) is 4.80. The maximum Gasteiger partial charge on any atom is 0.255 e. The zero-order valence-corrected chi connectivity index (χ0v) is 17.6. The van der Waals surface area contributed by atoms with Gasteiger partial charge in [-0.05, 0) is 61.4 Å². The molecule has 1 N–H and O–H groups in total. The molecule has 3 aromatic carbocycles. The quantitative estimate of drug-likeness (QED) is 0.512. The van der Waals surface area contributed by atoms with Crippen LogP contribution in [0, 0.1) is 0 Å². The van der Waals surface area contributed by atoms with Crippen LogP contribution in [0.2, 0.25) is 0 Å². The number of benzene rings is 3. The molecule has 0 spiro atoms. The van der Waals surface area contributed by atoms with E-state index in [4.69, 9.17) is 14.2 Å². The fourth-order valence-electron chi connectivity index (χ4n) is 3.05. The molecule has 0 fully saturated rings. The Kier molecular flexibility index (Phi) is 7.33. The number of carbonyl (C=O) groups is 1. The van der Waals surface area contributed by atoms with Crippen LogP contribution in [0.1, 0.15) is 35.3 Å². The Morgan fingerprint density at radius 1 is 0.867 bits per heavy atom. The molecule has 0 aromatic heterocycles. The number of methoxy groups -OCH3 is 1. The summed E-state index contributed by atoms with van der Waals surface area (Å²) < 4.78 is 17.0. The predicted molar refractivity (Wildman–Crippen MR) is 119 cm³/mol. The molecular weight excluding hydrogens is 378 g/mol. The molecule has 0 saturated carbocycles. The van der Waals surface area contributed by atoms with Gasteiger partial charge in [-0.15, -0.1) is 0 Å². The minimum atomic E-state index is -0.180. The van der Waals surface area contributed by atoms with Gasteiger partial charge in [0.1, 0.15) is 12.4 Å². The molecular formula is C25H27NO4. The molecule has 3 rings (SSSR count). The van der Waals surface area contributed by atoms with E-state index < -0.39 is 0 Å². The number of hydrogen-bond donors (Lipinski definition) is 1. The lowest BCUT2D eigenvalue weighted by Gasteiger charge is -2.15. The molecule has 0 aliphatic heterocycles. The average molecular weight is 405 g/mol. The van der Waals surface area contributed by atoms with E-state index in [1.54, 1.807) is 25.3 Å². The average Bonchev–Trinajstić information content (AvgIpc) is 2.79. The topological polar surface area (TPSA) is 56.8 Å². The molecule has 0 aliphatic rings. The Bertz CT molecular complexity index is 983. The summed E-state index contributed by atoms with van der Waals surface area (Å²) in [5.41, 5.74) is 3.32. The minimum absolute atomic E-state index is 0.180. The van der Waals surface area contributed by atoms with Crippen molar-refractivity contribution in [2.75, 3.05) is 19.0 Å². The van der Waals surface area contributed by atoms with Gasteiger partial charge < -0.3 is 19.5 Å². The highest BCUT2D eigenvalue weighted by atomic mass is 16.5. The van der Waals surface area contributed by atoms with Crippen LogP contribution in [0.25, 0.3) is 0 Å². The fourth-order valence-corrected chi connectivity index (χ4v) is 3.05. The molecule has 0 bridgehead atoms. The van der Waals surface area contributed by atoms with E-state index in [-0.39, 0.29) is 12.5 Å². The predicted octanol–water partition coefficient (Wildman–Crippen LogP) is 5.49. The van der Waals surface area contributed by atoms with Gasteiger partial charge in [-0.25, -0.2) is 0 Å². The number of aryl methyl sites for hydroxylation is 1. The summed E-state index contributed by atoms with van der Waals surface area (Å²) in [5.74, 6) is 1.80.